The van der Waals surface area contributed by atoms with E-state index in [0.717, 1.165) is 12.5 Å². The first-order valence-electron chi connectivity index (χ1n) is 10.4. The molecule has 2 N–H and O–H groups in total. The molecule has 9 nitrogen and oxygen atoms in total. The number of sulfone groups is 1. The van der Waals surface area contributed by atoms with Crippen molar-refractivity contribution in [1.82, 2.24) is 19.8 Å². The molecule has 1 saturated carbocycles. The van der Waals surface area contributed by atoms with E-state index in [1.807, 2.05) is 0 Å². The van der Waals surface area contributed by atoms with Gasteiger partial charge in [0.15, 0.2) is 15.7 Å². The van der Waals surface area contributed by atoms with Gasteiger partial charge in [0.25, 0.3) is 11.8 Å². The van der Waals surface area contributed by atoms with Gasteiger partial charge >= 0.3 is 0 Å². The van der Waals surface area contributed by atoms with Gasteiger partial charge in [-0.3, -0.25) is 9.59 Å². The summed E-state index contributed by atoms with van der Waals surface area (Å²) >= 11 is 5.86. The highest BCUT2D eigenvalue weighted by molar-refractivity contribution is 7.94. The number of nitrogens with one attached hydrogen (secondary N) is 1. The first-order valence-corrected chi connectivity index (χ1v) is 12.3. The predicted octanol–water partition coefficient (Wildman–Crippen LogP) is 1.55. The molecule has 2 amide bonds. The lowest BCUT2D eigenvalue weighted by molar-refractivity contribution is 0.0696. The van der Waals surface area contributed by atoms with E-state index in [0.29, 0.717) is 5.02 Å². The first-order chi connectivity index (χ1) is 15.5. The number of amides is 2. The molecular formula is C21H24ClFN4O5S. The highest BCUT2D eigenvalue weighted by atomic mass is 35.5. The highest BCUT2D eigenvalue weighted by Gasteiger charge is 2.62. The number of carbonyl (C=O) groups excluding carboxylic acids is 2. The zero-order valence-corrected chi connectivity index (χ0v) is 19.5. The Hall–Kier alpha value is -2.50. The van der Waals surface area contributed by atoms with Crippen molar-refractivity contribution < 1.29 is 27.5 Å². The Labute approximate surface area is 195 Å². The summed E-state index contributed by atoms with van der Waals surface area (Å²) in [5.74, 6) is -0.844. The van der Waals surface area contributed by atoms with Gasteiger partial charge in [-0.05, 0) is 37.5 Å². The number of benzene rings is 1. The van der Waals surface area contributed by atoms with E-state index in [9.17, 15) is 27.5 Å². The summed E-state index contributed by atoms with van der Waals surface area (Å²) in [7, 11) is -4.33. The summed E-state index contributed by atoms with van der Waals surface area (Å²) in [6.07, 6.45) is 1.72. The molecule has 1 fully saturated rings. The van der Waals surface area contributed by atoms with Crippen LogP contribution in [-0.2, 0) is 22.9 Å². The molecule has 0 saturated heterocycles. The number of aliphatic hydroxyl groups excluding tert-OH is 1. The lowest BCUT2D eigenvalue weighted by Gasteiger charge is -2.33. The van der Waals surface area contributed by atoms with E-state index in [4.69, 9.17) is 11.6 Å². The average Bonchev–Trinajstić information content (AvgIpc) is 3.45. The predicted molar refractivity (Wildman–Crippen MR) is 118 cm³/mol. The van der Waals surface area contributed by atoms with Gasteiger partial charge in [-0.25, -0.2) is 17.8 Å². The summed E-state index contributed by atoms with van der Waals surface area (Å²) in [5, 5.41) is 9.76. The van der Waals surface area contributed by atoms with Crippen LogP contribution in [0.15, 0.2) is 30.5 Å². The number of halogens is 2. The maximum absolute atomic E-state index is 14.5. The van der Waals surface area contributed by atoms with Crippen molar-refractivity contribution >= 4 is 33.3 Å². The van der Waals surface area contributed by atoms with Crippen molar-refractivity contribution in [3.63, 3.8) is 0 Å². The molecule has 1 aliphatic heterocycles. The molecule has 1 aromatic carbocycles. The summed E-state index contributed by atoms with van der Waals surface area (Å²) in [4.78, 5) is 31.1. The fraction of sp³-hybridized carbons (Fsp3) is 0.476. The van der Waals surface area contributed by atoms with Crippen LogP contribution in [0.3, 0.4) is 0 Å². The molecule has 1 atom stereocenters. The standard InChI is InChI=1S/C21H24ClFN4O5S/c1-20(23,13-28)33(31,32)21(6-7-21)12-26-8-9-27-16(19(26)30)11-24-17(27)18(29)25-10-14-2-4-15(22)5-3-14/h2-5,11,28H,6-10,12-13H2,1H3,(H,25,29). The normalized spacial score (nSPS) is 19.0. The Morgan fingerprint density at radius 3 is 2.58 bits per heavy atom. The Kier molecular flexibility index (Phi) is 6.00. The molecule has 4 rings (SSSR count). The number of rotatable bonds is 8. The number of alkyl halides is 1. The van der Waals surface area contributed by atoms with Gasteiger partial charge in [-0.2, -0.15) is 0 Å². The number of aromatic nitrogens is 2. The SMILES string of the molecule is CC(F)(CO)S(=O)(=O)C1(CN2CCn3c(cnc3C(=O)NCc3ccc(Cl)cc3)C2=O)CC1. The van der Waals surface area contributed by atoms with Crippen LogP contribution in [0.1, 0.15) is 46.4 Å². The molecule has 1 aromatic heterocycles. The summed E-state index contributed by atoms with van der Waals surface area (Å²) < 4.78 is 40.1. The first kappa shape index (κ1) is 23.7. The van der Waals surface area contributed by atoms with Crippen molar-refractivity contribution in [2.45, 2.75) is 42.6 Å². The zero-order valence-electron chi connectivity index (χ0n) is 17.9. The van der Waals surface area contributed by atoms with Crippen LogP contribution in [0, 0.1) is 0 Å². The molecule has 12 heteroatoms. The van der Waals surface area contributed by atoms with E-state index in [2.05, 4.69) is 10.3 Å². The molecule has 178 valence electrons. The Morgan fingerprint density at radius 1 is 1.30 bits per heavy atom. The van der Waals surface area contributed by atoms with Gasteiger partial charge in [0.2, 0.25) is 5.00 Å². The molecule has 1 unspecified atom stereocenters. The van der Waals surface area contributed by atoms with Crippen molar-refractivity contribution in [2.24, 2.45) is 0 Å². The Balaban J connectivity index is 1.46. The minimum Gasteiger partial charge on any atom is -0.392 e. The highest BCUT2D eigenvalue weighted by Crippen LogP contribution is 2.49. The minimum absolute atomic E-state index is 0.0809. The van der Waals surface area contributed by atoms with Crippen LogP contribution in [0.2, 0.25) is 5.02 Å². The number of fused-ring (bicyclic) bond motifs is 1. The molecule has 0 bridgehead atoms. The second-order valence-corrected chi connectivity index (χ2v) is 11.8. The van der Waals surface area contributed by atoms with E-state index in [1.54, 1.807) is 24.3 Å². The third-order valence-electron chi connectivity index (χ3n) is 6.22. The van der Waals surface area contributed by atoms with Crippen LogP contribution >= 0.6 is 11.6 Å². The average molecular weight is 499 g/mol. The van der Waals surface area contributed by atoms with E-state index in [1.165, 1.54) is 15.7 Å². The topological polar surface area (TPSA) is 122 Å². The number of imidazole rings is 1. The lowest BCUT2D eigenvalue weighted by Crippen LogP contribution is -2.51. The van der Waals surface area contributed by atoms with Crippen LogP contribution in [0.25, 0.3) is 0 Å². The lowest BCUT2D eigenvalue weighted by atomic mass is 10.2. The van der Waals surface area contributed by atoms with Crippen molar-refractivity contribution in [2.75, 3.05) is 19.7 Å². The number of carbonyl (C=O) groups is 2. The van der Waals surface area contributed by atoms with Crippen LogP contribution in [0.5, 0.6) is 0 Å². The van der Waals surface area contributed by atoms with Gasteiger partial charge in [-0.15, -0.1) is 0 Å². The molecule has 0 radical (unpaired) electrons. The molecule has 2 aliphatic rings. The minimum atomic E-state index is -4.33. The van der Waals surface area contributed by atoms with E-state index < -0.39 is 38.0 Å². The molecule has 2 heterocycles. The molecule has 2 aromatic rings. The smallest absolute Gasteiger partial charge is 0.287 e. The fourth-order valence-corrected chi connectivity index (χ4v) is 6.15. The summed E-state index contributed by atoms with van der Waals surface area (Å²) in [5.41, 5.74) is 1.01. The molecular weight excluding hydrogens is 475 g/mol. The largest absolute Gasteiger partial charge is 0.392 e. The number of hydrogen-bond acceptors (Lipinski definition) is 6. The monoisotopic (exact) mass is 498 g/mol. The quantitative estimate of drug-likeness (QED) is 0.569. The number of hydrogen-bond donors (Lipinski definition) is 2. The van der Waals surface area contributed by atoms with Crippen LogP contribution in [-0.4, -0.2) is 69.2 Å². The van der Waals surface area contributed by atoms with Gasteiger partial charge in [0.05, 0.1) is 17.6 Å². The molecule has 1 aliphatic carbocycles. The Morgan fingerprint density at radius 2 is 1.97 bits per heavy atom. The molecule has 0 spiro atoms. The summed E-state index contributed by atoms with van der Waals surface area (Å²) in [6.45, 7) is 0.173. The number of aliphatic hydroxyl groups is 1. The third-order valence-corrected chi connectivity index (χ3v) is 9.40. The van der Waals surface area contributed by atoms with Crippen molar-refractivity contribution in [3.8, 4) is 0 Å². The second-order valence-electron chi connectivity index (χ2n) is 8.60. The van der Waals surface area contributed by atoms with Gasteiger partial charge in [0.1, 0.15) is 5.69 Å². The zero-order chi connectivity index (χ0) is 24.0. The fourth-order valence-electron chi connectivity index (χ4n) is 3.99. The number of nitrogens with zero attached hydrogens (tertiary/aromatic N) is 3. The maximum Gasteiger partial charge on any atom is 0.287 e. The third kappa shape index (κ3) is 4.13. The van der Waals surface area contributed by atoms with Crippen molar-refractivity contribution in [3.05, 3.63) is 52.6 Å². The van der Waals surface area contributed by atoms with E-state index >= 15 is 0 Å². The Bertz CT molecular complexity index is 1190. The van der Waals surface area contributed by atoms with Gasteiger partial charge in [-0.1, -0.05) is 23.7 Å². The second kappa shape index (κ2) is 8.37. The summed E-state index contributed by atoms with van der Waals surface area (Å²) in [6, 6.07) is 7.00. The van der Waals surface area contributed by atoms with Gasteiger partial charge in [0, 0.05) is 31.2 Å². The van der Waals surface area contributed by atoms with Crippen LogP contribution < -0.4 is 5.32 Å². The van der Waals surface area contributed by atoms with Gasteiger partial charge < -0.3 is 19.9 Å². The maximum atomic E-state index is 14.5. The molecule has 33 heavy (non-hydrogen) atoms. The van der Waals surface area contributed by atoms with Crippen LogP contribution in [0.4, 0.5) is 4.39 Å². The van der Waals surface area contributed by atoms with Crippen molar-refractivity contribution in [1.29, 1.82) is 0 Å². The van der Waals surface area contributed by atoms with E-state index in [-0.39, 0.29) is 50.5 Å².